The van der Waals surface area contributed by atoms with Crippen molar-refractivity contribution in [2.75, 3.05) is 0 Å². The van der Waals surface area contributed by atoms with Gasteiger partial charge in [-0.2, -0.15) is 0 Å². The van der Waals surface area contributed by atoms with Crippen LogP contribution in [0.2, 0.25) is 0 Å². The van der Waals surface area contributed by atoms with Crippen molar-refractivity contribution in [1.82, 2.24) is 10.3 Å². The van der Waals surface area contributed by atoms with Crippen molar-refractivity contribution in [2.45, 2.75) is 6.54 Å². The third-order valence-corrected chi connectivity index (χ3v) is 4.37. The van der Waals surface area contributed by atoms with Crippen molar-refractivity contribution >= 4 is 34.7 Å². The standard InChI is InChI=1S/C15H12N2O2S2/c18-14(6-5-12-3-1-7-20-12)16-9-11-10-19-15(17-11)13-4-2-8-21-13/h1-8,10H,9H2,(H,16,18). The normalized spacial score (nSPS) is 11.0. The molecule has 4 nitrogen and oxygen atoms in total. The van der Waals surface area contributed by atoms with E-state index in [1.165, 1.54) is 6.08 Å². The van der Waals surface area contributed by atoms with Crippen LogP contribution in [-0.2, 0) is 11.3 Å². The zero-order chi connectivity index (χ0) is 14.5. The molecule has 0 saturated heterocycles. The highest BCUT2D eigenvalue weighted by molar-refractivity contribution is 7.13. The smallest absolute Gasteiger partial charge is 0.244 e. The second-order valence-electron chi connectivity index (χ2n) is 4.19. The molecular weight excluding hydrogens is 304 g/mol. The molecule has 3 aromatic heterocycles. The predicted octanol–water partition coefficient (Wildman–Crippen LogP) is 3.79. The first-order valence-electron chi connectivity index (χ1n) is 6.29. The van der Waals surface area contributed by atoms with Gasteiger partial charge < -0.3 is 9.73 Å². The molecule has 0 atom stereocenters. The highest BCUT2D eigenvalue weighted by Crippen LogP contribution is 2.23. The van der Waals surface area contributed by atoms with Crippen LogP contribution in [0.15, 0.2) is 51.8 Å². The Labute approximate surface area is 129 Å². The maximum absolute atomic E-state index is 11.7. The molecule has 0 spiro atoms. The van der Waals surface area contributed by atoms with Crippen molar-refractivity contribution < 1.29 is 9.21 Å². The molecule has 1 amide bonds. The first-order chi connectivity index (χ1) is 10.3. The van der Waals surface area contributed by atoms with Crippen molar-refractivity contribution in [2.24, 2.45) is 0 Å². The van der Waals surface area contributed by atoms with Crippen LogP contribution in [0, 0.1) is 0 Å². The lowest BCUT2D eigenvalue weighted by atomic mass is 10.4. The van der Waals surface area contributed by atoms with E-state index in [0.29, 0.717) is 18.1 Å². The number of nitrogens with zero attached hydrogens (tertiary/aromatic N) is 1. The molecule has 0 radical (unpaired) electrons. The Bertz CT molecular complexity index is 728. The third kappa shape index (κ3) is 3.68. The number of carbonyl (C=O) groups is 1. The van der Waals surface area contributed by atoms with Gasteiger partial charge in [-0.25, -0.2) is 4.98 Å². The number of amides is 1. The molecular formula is C15H12N2O2S2. The molecule has 106 valence electrons. The molecule has 3 aromatic rings. The van der Waals surface area contributed by atoms with Crippen LogP contribution in [0.4, 0.5) is 0 Å². The Balaban J connectivity index is 1.54. The molecule has 1 N–H and O–H groups in total. The molecule has 6 heteroatoms. The molecule has 21 heavy (non-hydrogen) atoms. The predicted molar refractivity (Wildman–Crippen MR) is 85.0 cm³/mol. The van der Waals surface area contributed by atoms with E-state index < -0.39 is 0 Å². The molecule has 0 aliphatic rings. The molecule has 0 aliphatic heterocycles. The fourth-order valence-corrected chi connectivity index (χ4v) is 2.96. The molecule has 0 bridgehead atoms. The minimum absolute atomic E-state index is 0.149. The Hall–Kier alpha value is -2.18. The summed E-state index contributed by atoms with van der Waals surface area (Å²) in [5.41, 5.74) is 0.705. The monoisotopic (exact) mass is 316 g/mol. The van der Waals surface area contributed by atoms with Gasteiger partial charge in [0.15, 0.2) is 0 Å². The van der Waals surface area contributed by atoms with Crippen LogP contribution in [0.1, 0.15) is 10.6 Å². The Morgan fingerprint density at radius 3 is 2.90 bits per heavy atom. The van der Waals surface area contributed by atoms with Crippen molar-refractivity contribution in [3.63, 3.8) is 0 Å². The second kappa shape index (κ2) is 6.51. The topological polar surface area (TPSA) is 55.1 Å². The van der Waals surface area contributed by atoms with Crippen molar-refractivity contribution in [3.8, 4) is 10.8 Å². The summed E-state index contributed by atoms with van der Waals surface area (Å²) in [7, 11) is 0. The average Bonchev–Trinajstić information content (AvgIpc) is 3.24. The zero-order valence-corrected chi connectivity index (χ0v) is 12.6. The number of oxazole rings is 1. The van der Waals surface area contributed by atoms with E-state index in [2.05, 4.69) is 10.3 Å². The van der Waals surface area contributed by atoms with E-state index in [0.717, 1.165) is 9.75 Å². The van der Waals surface area contributed by atoms with Gasteiger partial charge in [0.2, 0.25) is 11.8 Å². The Kier molecular flexibility index (Phi) is 4.28. The van der Waals surface area contributed by atoms with Crippen LogP contribution in [0.25, 0.3) is 16.8 Å². The van der Waals surface area contributed by atoms with Crippen molar-refractivity contribution in [1.29, 1.82) is 0 Å². The maximum atomic E-state index is 11.7. The fourth-order valence-electron chi connectivity index (χ4n) is 1.68. The number of hydrogen-bond acceptors (Lipinski definition) is 5. The Morgan fingerprint density at radius 1 is 1.29 bits per heavy atom. The maximum Gasteiger partial charge on any atom is 0.244 e. The van der Waals surface area contributed by atoms with Gasteiger partial charge in [-0.1, -0.05) is 12.1 Å². The number of carbonyl (C=O) groups excluding carboxylic acids is 1. The van der Waals surface area contributed by atoms with Gasteiger partial charge in [0.05, 0.1) is 17.1 Å². The van der Waals surface area contributed by atoms with Gasteiger partial charge in [0, 0.05) is 11.0 Å². The lowest BCUT2D eigenvalue weighted by Crippen LogP contribution is -2.20. The molecule has 0 aliphatic carbocycles. The number of hydrogen-bond donors (Lipinski definition) is 1. The molecule has 0 saturated carbocycles. The molecule has 0 aromatic carbocycles. The van der Waals surface area contributed by atoms with Crippen molar-refractivity contribution in [3.05, 3.63) is 57.9 Å². The van der Waals surface area contributed by atoms with E-state index in [1.807, 2.05) is 35.0 Å². The number of nitrogens with one attached hydrogen (secondary N) is 1. The Morgan fingerprint density at radius 2 is 2.14 bits per heavy atom. The van der Waals surface area contributed by atoms with E-state index in [-0.39, 0.29) is 5.91 Å². The molecule has 0 fully saturated rings. The van der Waals surface area contributed by atoms with E-state index in [9.17, 15) is 4.79 Å². The highest BCUT2D eigenvalue weighted by atomic mass is 32.1. The molecule has 3 heterocycles. The van der Waals surface area contributed by atoms with Crippen LogP contribution in [-0.4, -0.2) is 10.9 Å². The fraction of sp³-hybridized carbons (Fsp3) is 0.0667. The van der Waals surface area contributed by atoms with E-state index in [1.54, 1.807) is 35.0 Å². The zero-order valence-electron chi connectivity index (χ0n) is 11.0. The second-order valence-corrected chi connectivity index (χ2v) is 6.11. The summed E-state index contributed by atoms with van der Waals surface area (Å²) in [6.45, 7) is 0.350. The van der Waals surface area contributed by atoms with Crippen LogP contribution in [0.5, 0.6) is 0 Å². The van der Waals surface area contributed by atoms with Gasteiger partial charge in [-0.05, 0) is 29.0 Å². The summed E-state index contributed by atoms with van der Waals surface area (Å²) < 4.78 is 5.39. The summed E-state index contributed by atoms with van der Waals surface area (Å²) in [6.07, 6.45) is 4.88. The summed E-state index contributed by atoms with van der Waals surface area (Å²) >= 11 is 3.15. The van der Waals surface area contributed by atoms with Gasteiger partial charge in [-0.3, -0.25) is 4.79 Å². The van der Waals surface area contributed by atoms with Gasteiger partial charge in [0.1, 0.15) is 6.26 Å². The minimum Gasteiger partial charge on any atom is -0.443 e. The first kappa shape index (κ1) is 13.8. The largest absolute Gasteiger partial charge is 0.443 e. The SMILES string of the molecule is O=C(C=Cc1cccs1)NCc1coc(-c2cccs2)n1. The van der Waals surface area contributed by atoms with Gasteiger partial charge in [-0.15, -0.1) is 22.7 Å². The molecule has 3 rings (SSSR count). The van der Waals surface area contributed by atoms with Crippen LogP contribution < -0.4 is 5.32 Å². The summed E-state index contributed by atoms with van der Waals surface area (Å²) in [4.78, 5) is 18.1. The molecule has 0 unspecified atom stereocenters. The van der Waals surface area contributed by atoms with Crippen LogP contribution in [0.3, 0.4) is 0 Å². The van der Waals surface area contributed by atoms with E-state index >= 15 is 0 Å². The third-order valence-electron chi connectivity index (χ3n) is 2.67. The van der Waals surface area contributed by atoms with Gasteiger partial charge >= 0.3 is 0 Å². The summed E-state index contributed by atoms with van der Waals surface area (Å²) in [5.74, 6) is 0.437. The summed E-state index contributed by atoms with van der Waals surface area (Å²) in [5, 5.41) is 6.72. The van der Waals surface area contributed by atoms with Gasteiger partial charge in [0.25, 0.3) is 0 Å². The average molecular weight is 316 g/mol. The lowest BCUT2D eigenvalue weighted by Gasteiger charge is -1.97. The quantitative estimate of drug-likeness (QED) is 0.729. The highest BCUT2D eigenvalue weighted by Gasteiger charge is 2.07. The number of thiophene rings is 2. The first-order valence-corrected chi connectivity index (χ1v) is 8.05. The summed E-state index contributed by atoms with van der Waals surface area (Å²) in [6, 6.07) is 7.80. The van der Waals surface area contributed by atoms with Crippen LogP contribution >= 0.6 is 22.7 Å². The lowest BCUT2D eigenvalue weighted by molar-refractivity contribution is -0.116. The van der Waals surface area contributed by atoms with E-state index in [4.69, 9.17) is 4.42 Å². The number of rotatable bonds is 5. The minimum atomic E-state index is -0.149. The number of aromatic nitrogens is 1.